The van der Waals surface area contributed by atoms with Crippen molar-refractivity contribution >= 4 is 37.1 Å². The predicted octanol–water partition coefficient (Wildman–Crippen LogP) is 5.12. The van der Waals surface area contributed by atoms with Gasteiger partial charge >= 0.3 is 0 Å². The van der Waals surface area contributed by atoms with Crippen LogP contribution in [0.25, 0.3) is 22.2 Å². The van der Waals surface area contributed by atoms with Crippen LogP contribution in [0, 0.1) is 11.8 Å². The van der Waals surface area contributed by atoms with E-state index in [-0.39, 0.29) is 23.8 Å². The number of carbonyl (C=O) groups is 2. The van der Waals surface area contributed by atoms with Crippen LogP contribution >= 0.6 is 0 Å². The van der Waals surface area contributed by atoms with Crippen LogP contribution in [0.3, 0.4) is 0 Å². The second-order valence-corrected chi connectivity index (χ2v) is 17.1. The number of amides is 1. The van der Waals surface area contributed by atoms with Gasteiger partial charge in [-0.15, -0.1) is 0 Å². The highest BCUT2D eigenvalue weighted by atomic mass is 28.3. The number of fused-ring (bicyclic) bond motifs is 1. The summed E-state index contributed by atoms with van der Waals surface area (Å²) in [5, 5.41) is 3.82. The van der Waals surface area contributed by atoms with Crippen molar-refractivity contribution in [3.63, 3.8) is 0 Å². The molecule has 1 N–H and O–H groups in total. The van der Waals surface area contributed by atoms with Gasteiger partial charge < -0.3 is 28.9 Å². The first-order chi connectivity index (χ1) is 18.3. The van der Waals surface area contributed by atoms with Crippen molar-refractivity contribution in [3.8, 4) is 22.8 Å². The van der Waals surface area contributed by atoms with E-state index in [0.29, 0.717) is 37.1 Å². The lowest BCUT2D eigenvalue weighted by molar-refractivity contribution is -0.117. The fourth-order valence-corrected chi connectivity index (χ4v) is 5.29. The van der Waals surface area contributed by atoms with E-state index in [1.54, 1.807) is 13.3 Å². The number of ether oxygens (including phenoxy) is 3. The lowest BCUT2D eigenvalue weighted by atomic mass is 10.1. The molecule has 10 heteroatoms. The first-order valence-corrected chi connectivity index (χ1v) is 17.0. The molecule has 3 heterocycles. The quantitative estimate of drug-likeness (QED) is 0.184. The molecule has 0 aliphatic heterocycles. The minimum absolute atomic E-state index is 0.0949. The highest BCUT2D eigenvalue weighted by molar-refractivity contribution is 6.76. The number of nitrogens with zero attached hydrogens (tertiary/aromatic N) is 3. The summed E-state index contributed by atoms with van der Waals surface area (Å²) >= 11 is 0. The number of nitrogens with one attached hydrogen (secondary N) is 1. The van der Waals surface area contributed by atoms with E-state index in [4.69, 9.17) is 19.2 Å². The summed E-state index contributed by atoms with van der Waals surface area (Å²) in [4.78, 5) is 32.8. The van der Waals surface area contributed by atoms with Crippen molar-refractivity contribution in [2.24, 2.45) is 11.8 Å². The van der Waals surface area contributed by atoms with Crippen molar-refractivity contribution in [2.45, 2.75) is 64.2 Å². The molecule has 0 aromatic carbocycles. The molecule has 1 amide bonds. The monoisotopic (exact) mass is 536 g/mol. The molecule has 2 aliphatic carbocycles. The Morgan fingerprint density at radius 3 is 2.76 bits per heavy atom. The number of hydrogen-bond donors (Lipinski definition) is 1. The molecule has 2 fully saturated rings. The van der Waals surface area contributed by atoms with E-state index < -0.39 is 8.07 Å². The SMILES string of the molecule is COc1nccc(OC2CC2)c1-c1cn(COCC[Si](C)(C)C)c2nc(NC(=O)[C@@H]3C[C@H]3CC=O)ccc12. The van der Waals surface area contributed by atoms with Crippen molar-refractivity contribution in [1.29, 1.82) is 0 Å². The van der Waals surface area contributed by atoms with E-state index in [2.05, 4.69) is 29.9 Å². The molecule has 38 heavy (non-hydrogen) atoms. The van der Waals surface area contributed by atoms with Crippen LogP contribution in [-0.2, 0) is 21.1 Å². The molecule has 9 nitrogen and oxygen atoms in total. The summed E-state index contributed by atoms with van der Waals surface area (Å²) in [6.07, 6.45) is 8.02. The number of aromatic nitrogens is 3. The molecule has 2 saturated carbocycles. The summed E-state index contributed by atoms with van der Waals surface area (Å²) in [5.41, 5.74) is 2.35. The van der Waals surface area contributed by atoms with Gasteiger partial charge in [0.2, 0.25) is 11.8 Å². The van der Waals surface area contributed by atoms with Crippen LogP contribution in [0.2, 0.25) is 25.7 Å². The molecule has 3 aromatic heterocycles. The number of pyridine rings is 2. The number of rotatable bonds is 13. The van der Waals surface area contributed by atoms with E-state index in [1.165, 1.54) is 0 Å². The molecule has 5 rings (SSSR count). The molecular formula is C28H36N4O5Si. The average molecular weight is 537 g/mol. The fraction of sp³-hybridized carbons (Fsp3) is 0.500. The number of anilines is 1. The summed E-state index contributed by atoms with van der Waals surface area (Å²) in [6, 6.07) is 6.70. The third-order valence-electron chi connectivity index (χ3n) is 7.02. The van der Waals surface area contributed by atoms with Gasteiger partial charge in [-0.1, -0.05) is 19.6 Å². The Kier molecular flexibility index (Phi) is 7.53. The molecule has 0 bridgehead atoms. The van der Waals surface area contributed by atoms with E-state index in [0.717, 1.165) is 53.9 Å². The summed E-state index contributed by atoms with van der Waals surface area (Å²) < 4.78 is 19.9. The van der Waals surface area contributed by atoms with Crippen molar-refractivity contribution < 1.29 is 23.8 Å². The Morgan fingerprint density at radius 2 is 2.05 bits per heavy atom. The fourth-order valence-electron chi connectivity index (χ4n) is 4.54. The van der Waals surface area contributed by atoms with Gasteiger partial charge in [0.1, 0.15) is 30.2 Å². The van der Waals surface area contributed by atoms with Crippen LogP contribution in [0.4, 0.5) is 5.82 Å². The largest absolute Gasteiger partial charge is 0.490 e. The minimum atomic E-state index is -1.23. The molecule has 2 atom stereocenters. The maximum Gasteiger partial charge on any atom is 0.228 e. The molecule has 0 radical (unpaired) electrons. The van der Waals surface area contributed by atoms with Gasteiger partial charge in [-0.3, -0.25) is 4.79 Å². The number of methoxy groups -OCH3 is 1. The Balaban J connectivity index is 1.48. The van der Waals surface area contributed by atoms with Crippen molar-refractivity contribution in [2.75, 3.05) is 19.0 Å². The normalized spacial score (nSPS) is 18.8. The van der Waals surface area contributed by atoms with Gasteiger partial charge in [-0.05, 0) is 49.4 Å². The zero-order valence-corrected chi connectivity index (χ0v) is 23.5. The summed E-state index contributed by atoms with van der Waals surface area (Å²) in [6.45, 7) is 7.98. The zero-order valence-electron chi connectivity index (χ0n) is 22.5. The highest BCUT2D eigenvalue weighted by Gasteiger charge is 2.42. The van der Waals surface area contributed by atoms with E-state index in [9.17, 15) is 9.59 Å². The smallest absolute Gasteiger partial charge is 0.228 e. The second-order valence-electron chi connectivity index (χ2n) is 11.4. The lowest BCUT2D eigenvalue weighted by Crippen LogP contribution is -2.22. The molecule has 0 unspecified atom stereocenters. The van der Waals surface area contributed by atoms with Gasteiger partial charge in [0.05, 0.1) is 18.8 Å². The van der Waals surface area contributed by atoms with E-state index in [1.807, 2.05) is 29.0 Å². The lowest BCUT2D eigenvalue weighted by Gasteiger charge is -2.15. The Labute approximate surface area is 223 Å². The Bertz CT molecular complexity index is 1330. The van der Waals surface area contributed by atoms with Crippen LogP contribution in [0.5, 0.6) is 11.6 Å². The third kappa shape index (κ3) is 6.07. The number of hydrogen-bond acceptors (Lipinski definition) is 7. The van der Waals surface area contributed by atoms with Gasteiger partial charge in [0.25, 0.3) is 0 Å². The minimum Gasteiger partial charge on any atom is -0.490 e. The molecular weight excluding hydrogens is 500 g/mol. The van der Waals surface area contributed by atoms with Gasteiger partial charge in [-0.2, -0.15) is 0 Å². The van der Waals surface area contributed by atoms with Crippen molar-refractivity contribution in [1.82, 2.24) is 14.5 Å². The molecule has 202 valence electrons. The summed E-state index contributed by atoms with van der Waals surface area (Å²) in [5.74, 6) is 1.59. The van der Waals surface area contributed by atoms with Gasteiger partial charge in [0.15, 0.2) is 0 Å². The topological polar surface area (TPSA) is 105 Å². The van der Waals surface area contributed by atoms with Gasteiger partial charge in [0, 0.05) is 50.4 Å². The van der Waals surface area contributed by atoms with Crippen molar-refractivity contribution in [3.05, 3.63) is 30.6 Å². The maximum atomic E-state index is 12.7. The average Bonchev–Trinajstić information content (AvgIpc) is 3.80. The van der Waals surface area contributed by atoms with Gasteiger partial charge in [-0.25, -0.2) is 9.97 Å². The van der Waals surface area contributed by atoms with Crippen LogP contribution in [-0.4, -0.2) is 54.6 Å². The predicted molar refractivity (Wildman–Crippen MR) is 148 cm³/mol. The maximum absolute atomic E-state index is 12.7. The molecule has 0 saturated heterocycles. The first-order valence-electron chi connectivity index (χ1n) is 13.3. The van der Waals surface area contributed by atoms with Crippen LogP contribution in [0.1, 0.15) is 25.7 Å². The molecule has 2 aliphatic rings. The highest BCUT2D eigenvalue weighted by Crippen LogP contribution is 2.44. The number of aldehydes is 1. The summed E-state index contributed by atoms with van der Waals surface area (Å²) in [7, 11) is 0.374. The van der Waals surface area contributed by atoms with Crippen LogP contribution < -0.4 is 14.8 Å². The Morgan fingerprint density at radius 1 is 1.24 bits per heavy atom. The number of carbonyl (C=O) groups excluding carboxylic acids is 2. The zero-order chi connectivity index (χ0) is 26.9. The van der Waals surface area contributed by atoms with E-state index >= 15 is 0 Å². The second kappa shape index (κ2) is 10.9. The molecule has 3 aromatic rings. The molecule has 0 spiro atoms. The standard InChI is InChI=1S/C28H36N4O5Si/c1-35-28-25(23(9-11-29-28)37-19-5-6-19)22-16-32(17-36-13-14-38(2,3)4)26-20(22)7-8-24(30-26)31-27(34)21-15-18(21)10-12-33/h7-9,11-12,16,18-19,21H,5-6,10,13-15,17H2,1-4H3,(H,30,31,34)/t18-,21-/m1/s1. The first kappa shape index (κ1) is 26.4. The third-order valence-corrected chi connectivity index (χ3v) is 8.72. The van der Waals surface area contributed by atoms with Crippen LogP contribution in [0.15, 0.2) is 30.6 Å². The Hall–Kier alpha value is -3.24.